The lowest BCUT2D eigenvalue weighted by Gasteiger charge is -2.13. The average Bonchev–Trinajstić information content (AvgIpc) is 2.35. The molecule has 2 rings (SSSR count). The van der Waals surface area contributed by atoms with Gasteiger partial charge in [-0.3, -0.25) is 4.98 Å². The first-order chi connectivity index (χ1) is 9.47. The fraction of sp³-hybridized carbons (Fsp3) is 0.357. The van der Waals surface area contributed by atoms with Crippen LogP contribution in [0.25, 0.3) is 0 Å². The highest BCUT2D eigenvalue weighted by atomic mass is 35.5. The minimum atomic E-state index is -0.00934. The Labute approximate surface area is 127 Å². The maximum absolute atomic E-state index is 9.49. The summed E-state index contributed by atoms with van der Waals surface area (Å²) in [4.78, 5) is 12.4. The Morgan fingerprint density at radius 3 is 2.70 bits per heavy atom. The summed E-state index contributed by atoms with van der Waals surface area (Å²) in [6, 6.07) is 1.53. The van der Waals surface area contributed by atoms with Crippen molar-refractivity contribution in [2.45, 2.75) is 37.6 Å². The van der Waals surface area contributed by atoms with Gasteiger partial charge >= 0.3 is 0 Å². The first-order valence-electron chi connectivity index (χ1n) is 6.27. The van der Waals surface area contributed by atoms with Crippen LogP contribution in [0.15, 0.2) is 23.6 Å². The van der Waals surface area contributed by atoms with Crippen LogP contribution in [-0.2, 0) is 5.75 Å². The molecule has 4 nitrogen and oxygen atoms in total. The van der Waals surface area contributed by atoms with E-state index < -0.39 is 0 Å². The molecule has 2 aromatic rings. The Hall–Kier alpha value is -1.33. The number of halogens is 1. The third-order valence-electron chi connectivity index (χ3n) is 2.83. The second kappa shape index (κ2) is 6.41. The minimum Gasteiger partial charge on any atom is -0.493 e. The highest BCUT2D eigenvalue weighted by molar-refractivity contribution is 7.98. The van der Waals surface area contributed by atoms with Gasteiger partial charge in [-0.25, -0.2) is 4.98 Å². The quantitative estimate of drug-likeness (QED) is 0.684. The van der Waals surface area contributed by atoms with Gasteiger partial charge < -0.3 is 5.11 Å². The zero-order valence-corrected chi connectivity index (χ0v) is 13.2. The number of hydrogen-bond donors (Lipinski definition) is 1. The first kappa shape index (κ1) is 15.1. The summed E-state index contributed by atoms with van der Waals surface area (Å²) in [5, 5.41) is 10.7. The molecule has 0 saturated heterocycles. The zero-order valence-electron chi connectivity index (χ0n) is 11.6. The summed E-state index contributed by atoms with van der Waals surface area (Å²) in [5.41, 5.74) is 2.91. The number of aromatic nitrogens is 3. The highest BCUT2D eigenvalue weighted by Crippen LogP contribution is 2.30. The molecule has 0 unspecified atom stereocenters. The van der Waals surface area contributed by atoms with Gasteiger partial charge in [0.2, 0.25) is 5.88 Å². The number of hydrogen-bond acceptors (Lipinski definition) is 5. The Morgan fingerprint density at radius 2 is 2.05 bits per heavy atom. The zero-order chi connectivity index (χ0) is 14.7. The number of aromatic hydroxyl groups is 1. The van der Waals surface area contributed by atoms with E-state index in [1.165, 1.54) is 17.8 Å². The first-order valence-corrected chi connectivity index (χ1v) is 7.63. The van der Waals surface area contributed by atoms with Gasteiger partial charge in [0.15, 0.2) is 5.16 Å². The molecule has 2 heterocycles. The Balaban J connectivity index is 2.22. The van der Waals surface area contributed by atoms with E-state index in [2.05, 4.69) is 28.8 Å². The molecule has 1 N–H and O–H groups in total. The molecule has 0 radical (unpaired) electrons. The van der Waals surface area contributed by atoms with Crippen molar-refractivity contribution < 1.29 is 5.11 Å². The van der Waals surface area contributed by atoms with Gasteiger partial charge in [0.1, 0.15) is 0 Å². The molecule has 0 atom stereocenters. The summed E-state index contributed by atoms with van der Waals surface area (Å²) in [6.45, 7) is 6.04. The van der Waals surface area contributed by atoms with Crippen molar-refractivity contribution in [1.82, 2.24) is 15.0 Å². The van der Waals surface area contributed by atoms with Crippen molar-refractivity contribution in [1.29, 1.82) is 0 Å². The number of nitrogens with zero attached hydrogens (tertiary/aromatic N) is 3. The van der Waals surface area contributed by atoms with Gasteiger partial charge in [-0.2, -0.15) is 4.98 Å². The molecule has 20 heavy (non-hydrogen) atoms. The third kappa shape index (κ3) is 3.61. The topological polar surface area (TPSA) is 58.9 Å². The van der Waals surface area contributed by atoms with Crippen LogP contribution in [0.3, 0.4) is 0 Å². The van der Waals surface area contributed by atoms with Gasteiger partial charge in [-0.05, 0) is 24.0 Å². The molecule has 2 aromatic heterocycles. The van der Waals surface area contributed by atoms with E-state index in [-0.39, 0.29) is 5.88 Å². The van der Waals surface area contributed by atoms with Crippen LogP contribution < -0.4 is 0 Å². The van der Waals surface area contributed by atoms with E-state index in [0.29, 0.717) is 21.8 Å². The van der Waals surface area contributed by atoms with E-state index in [4.69, 9.17) is 11.6 Å². The lowest BCUT2D eigenvalue weighted by Crippen LogP contribution is -1.98. The summed E-state index contributed by atoms with van der Waals surface area (Å²) in [7, 11) is 0. The van der Waals surface area contributed by atoms with Crippen LogP contribution in [0.5, 0.6) is 5.88 Å². The number of pyridine rings is 1. The van der Waals surface area contributed by atoms with Crippen molar-refractivity contribution >= 4 is 23.4 Å². The summed E-state index contributed by atoms with van der Waals surface area (Å²) >= 11 is 7.69. The SMILES string of the molecule is Cc1cc(O)nc(SCc2c(Cl)cncc2C(C)C)n1. The molecule has 0 aliphatic heterocycles. The second-order valence-electron chi connectivity index (χ2n) is 4.78. The van der Waals surface area contributed by atoms with E-state index in [1.54, 1.807) is 6.20 Å². The predicted octanol–water partition coefficient (Wildman–Crippen LogP) is 3.95. The van der Waals surface area contributed by atoms with Crippen LogP contribution in [0.2, 0.25) is 5.02 Å². The largest absolute Gasteiger partial charge is 0.493 e. The molecule has 106 valence electrons. The van der Waals surface area contributed by atoms with Crippen LogP contribution in [0.1, 0.15) is 36.6 Å². The third-order valence-corrected chi connectivity index (χ3v) is 4.03. The molecule has 0 spiro atoms. The molecule has 6 heteroatoms. The maximum Gasteiger partial charge on any atom is 0.215 e. The van der Waals surface area contributed by atoms with Crippen molar-refractivity contribution in [3.05, 3.63) is 40.3 Å². The fourth-order valence-corrected chi connectivity index (χ4v) is 3.13. The van der Waals surface area contributed by atoms with Crippen molar-refractivity contribution in [2.75, 3.05) is 0 Å². The average molecular weight is 310 g/mol. The van der Waals surface area contributed by atoms with E-state index >= 15 is 0 Å². The Morgan fingerprint density at radius 1 is 1.30 bits per heavy atom. The molecule has 0 fully saturated rings. The van der Waals surface area contributed by atoms with Crippen LogP contribution in [0.4, 0.5) is 0 Å². The van der Waals surface area contributed by atoms with Gasteiger partial charge in [0.05, 0.1) is 5.02 Å². The Kier molecular flexibility index (Phi) is 4.83. The van der Waals surface area contributed by atoms with E-state index in [0.717, 1.165) is 16.8 Å². The molecule has 0 aliphatic rings. The van der Waals surface area contributed by atoms with Crippen molar-refractivity contribution in [3.63, 3.8) is 0 Å². The molecule has 0 aliphatic carbocycles. The van der Waals surface area contributed by atoms with Crippen molar-refractivity contribution in [2.24, 2.45) is 0 Å². The van der Waals surface area contributed by atoms with Crippen molar-refractivity contribution in [3.8, 4) is 5.88 Å². The van der Waals surface area contributed by atoms with Crippen LogP contribution in [0, 0.1) is 6.92 Å². The fourth-order valence-electron chi connectivity index (χ4n) is 1.85. The lowest BCUT2D eigenvalue weighted by atomic mass is 10.0. The molecule has 0 bridgehead atoms. The summed E-state index contributed by atoms with van der Waals surface area (Å²) in [5.74, 6) is 0.992. The van der Waals surface area contributed by atoms with Gasteiger partial charge in [0.25, 0.3) is 0 Å². The van der Waals surface area contributed by atoms with Gasteiger partial charge in [0, 0.05) is 29.9 Å². The highest BCUT2D eigenvalue weighted by Gasteiger charge is 2.12. The monoisotopic (exact) mass is 309 g/mol. The van der Waals surface area contributed by atoms with Gasteiger partial charge in [-0.15, -0.1) is 0 Å². The predicted molar refractivity (Wildman–Crippen MR) is 81.3 cm³/mol. The lowest BCUT2D eigenvalue weighted by molar-refractivity contribution is 0.444. The van der Waals surface area contributed by atoms with E-state index in [1.807, 2.05) is 13.1 Å². The molecule has 0 aromatic carbocycles. The minimum absolute atomic E-state index is 0.00934. The standard InChI is InChI=1S/C14H16ClN3OS/c1-8(2)10-5-16-6-12(15)11(10)7-20-14-17-9(3)4-13(19)18-14/h4-6,8H,7H2,1-3H3,(H,17,18,19). The normalized spacial score (nSPS) is 11.1. The van der Waals surface area contributed by atoms with Crippen LogP contribution in [-0.4, -0.2) is 20.1 Å². The number of rotatable bonds is 4. The molecule has 0 amide bonds. The summed E-state index contributed by atoms with van der Waals surface area (Å²) in [6.07, 6.45) is 3.50. The molecule has 0 saturated carbocycles. The maximum atomic E-state index is 9.49. The molecular weight excluding hydrogens is 294 g/mol. The van der Waals surface area contributed by atoms with Gasteiger partial charge in [-0.1, -0.05) is 37.2 Å². The number of aryl methyl sites for hydroxylation is 1. The second-order valence-corrected chi connectivity index (χ2v) is 6.13. The number of thioether (sulfide) groups is 1. The Bertz CT molecular complexity index is 599. The smallest absolute Gasteiger partial charge is 0.215 e. The van der Waals surface area contributed by atoms with Crippen LogP contribution >= 0.6 is 23.4 Å². The van der Waals surface area contributed by atoms with E-state index in [9.17, 15) is 5.11 Å². The summed E-state index contributed by atoms with van der Waals surface area (Å²) < 4.78 is 0. The molecular formula is C14H16ClN3OS.